The van der Waals surface area contributed by atoms with E-state index in [1.54, 1.807) is 24.3 Å². The fraction of sp³-hybridized carbons (Fsp3) is 0.227. The number of carbonyl (C=O) groups is 2. The quantitative estimate of drug-likeness (QED) is 0.276. The van der Waals surface area contributed by atoms with E-state index in [1.807, 2.05) is 0 Å². The minimum Gasteiger partial charge on any atom is -0.493 e. The van der Waals surface area contributed by atoms with Gasteiger partial charge in [0.1, 0.15) is 12.4 Å². The van der Waals surface area contributed by atoms with Gasteiger partial charge >= 0.3 is 0 Å². The predicted molar refractivity (Wildman–Crippen MR) is 124 cm³/mol. The molecule has 2 aromatic rings. The molecule has 0 saturated heterocycles. The molecule has 2 N–H and O–H groups in total. The van der Waals surface area contributed by atoms with Gasteiger partial charge < -0.3 is 24.3 Å². The molecule has 0 fully saturated rings. The van der Waals surface area contributed by atoms with Crippen LogP contribution in [0.25, 0.3) is 0 Å². The Hall–Kier alpha value is -3.53. The Kier molecular flexibility index (Phi) is 9.55. The molecule has 2 rings (SSSR count). The molecule has 2 aromatic carbocycles. The Morgan fingerprint density at radius 2 is 1.78 bits per heavy atom. The number of methoxy groups -OCH3 is 3. The summed E-state index contributed by atoms with van der Waals surface area (Å²) in [7, 11) is 4.36. The standard InChI is InChI=1S/C22H24BrN3O6/c1-5-8-32-16-6-7-17(23)15(9-16)12-25-26-20(27)13-24-22(28)14-10-18(29-2)21(31-4)19(11-14)30-3/h5-7,9-12H,1,8,13H2,2-4H3,(H,24,28)(H,26,27)/b25-12-. The molecule has 0 atom stereocenters. The van der Waals surface area contributed by atoms with Crippen LogP contribution >= 0.6 is 15.9 Å². The largest absolute Gasteiger partial charge is 0.493 e. The van der Waals surface area contributed by atoms with Crippen LogP contribution in [0.2, 0.25) is 0 Å². The fourth-order valence-corrected chi connectivity index (χ4v) is 2.90. The Bertz CT molecular complexity index is 984. The van der Waals surface area contributed by atoms with Crippen molar-refractivity contribution in [2.24, 2.45) is 5.10 Å². The van der Waals surface area contributed by atoms with Gasteiger partial charge in [0.25, 0.3) is 11.8 Å². The third-order valence-electron chi connectivity index (χ3n) is 4.06. The summed E-state index contributed by atoms with van der Waals surface area (Å²) in [6.45, 7) is 3.70. The lowest BCUT2D eigenvalue weighted by Gasteiger charge is -2.14. The van der Waals surface area contributed by atoms with E-state index in [-0.39, 0.29) is 12.1 Å². The summed E-state index contributed by atoms with van der Waals surface area (Å²) >= 11 is 3.41. The number of amides is 2. The Morgan fingerprint density at radius 1 is 1.09 bits per heavy atom. The van der Waals surface area contributed by atoms with E-state index in [2.05, 4.69) is 38.4 Å². The van der Waals surface area contributed by atoms with E-state index in [9.17, 15) is 9.59 Å². The van der Waals surface area contributed by atoms with Gasteiger partial charge in [0.2, 0.25) is 5.75 Å². The molecule has 170 valence electrons. The van der Waals surface area contributed by atoms with E-state index in [4.69, 9.17) is 18.9 Å². The first-order valence-electron chi connectivity index (χ1n) is 9.36. The van der Waals surface area contributed by atoms with Crippen molar-refractivity contribution in [3.05, 3.63) is 58.6 Å². The summed E-state index contributed by atoms with van der Waals surface area (Å²) < 4.78 is 21.9. The molecule has 0 saturated carbocycles. The normalized spacial score (nSPS) is 10.4. The lowest BCUT2D eigenvalue weighted by molar-refractivity contribution is -0.120. The summed E-state index contributed by atoms with van der Waals surface area (Å²) in [6.07, 6.45) is 3.10. The van der Waals surface area contributed by atoms with Crippen molar-refractivity contribution in [2.45, 2.75) is 0 Å². The van der Waals surface area contributed by atoms with Crippen LogP contribution in [0.15, 0.2) is 52.6 Å². The van der Waals surface area contributed by atoms with Crippen LogP contribution in [0, 0.1) is 0 Å². The highest BCUT2D eigenvalue weighted by Gasteiger charge is 2.17. The van der Waals surface area contributed by atoms with E-state index >= 15 is 0 Å². The Balaban J connectivity index is 1.96. The third-order valence-corrected chi connectivity index (χ3v) is 4.79. The van der Waals surface area contributed by atoms with Crippen molar-refractivity contribution in [3.8, 4) is 23.0 Å². The second-order valence-electron chi connectivity index (χ2n) is 6.17. The van der Waals surface area contributed by atoms with E-state index in [1.165, 1.54) is 39.7 Å². The SMILES string of the molecule is C=CCOc1ccc(Br)c(/C=N\NC(=O)CNC(=O)c2cc(OC)c(OC)c(OC)c2)c1. The van der Waals surface area contributed by atoms with Crippen LogP contribution in [0.4, 0.5) is 0 Å². The van der Waals surface area contributed by atoms with Crippen LogP contribution < -0.4 is 29.7 Å². The van der Waals surface area contributed by atoms with Crippen molar-refractivity contribution in [1.82, 2.24) is 10.7 Å². The first-order chi connectivity index (χ1) is 15.4. The number of ether oxygens (including phenoxy) is 4. The minimum absolute atomic E-state index is 0.246. The Labute approximate surface area is 194 Å². The number of hydrogen-bond donors (Lipinski definition) is 2. The minimum atomic E-state index is -0.503. The number of benzene rings is 2. The second kappa shape index (κ2) is 12.4. The van der Waals surface area contributed by atoms with Gasteiger partial charge in [0.15, 0.2) is 11.5 Å². The molecular weight excluding hydrogens is 482 g/mol. The average molecular weight is 506 g/mol. The van der Waals surface area contributed by atoms with Crippen molar-refractivity contribution in [2.75, 3.05) is 34.5 Å². The van der Waals surface area contributed by atoms with Crippen molar-refractivity contribution < 1.29 is 28.5 Å². The molecule has 0 spiro atoms. The molecule has 0 heterocycles. The molecule has 0 aliphatic carbocycles. The van der Waals surface area contributed by atoms with Crippen molar-refractivity contribution in [3.63, 3.8) is 0 Å². The highest BCUT2D eigenvalue weighted by atomic mass is 79.9. The monoisotopic (exact) mass is 505 g/mol. The molecule has 0 aliphatic heterocycles. The Morgan fingerprint density at radius 3 is 2.38 bits per heavy atom. The van der Waals surface area contributed by atoms with Crippen molar-refractivity contribution >= 4 is 34.0 Å². The van der Waals surface area contributed by atoms with E-state index in [0.717, 1.165) is 4.47 Å². The van der Waals surface area contributed by atoms with Crippen LogP contribution in [0.5, 0.6) is 23.0 Å². The summed E-state index contributed by atoms with van der Waals surface area (Å²) in [5.74, 6) is 0.671. The maximum atomic E-state index is 12.4. The van der Waals surface area contributed by atoms with Gasteiger partial charge in [-0.25, -0.2) is 5.43 Å². The molecule has 2 amide bonds. The zero-order valence-electron chi connectivity index (χ0n) is 17.9. The molecule has 0 aliphatic rings. The van der Waals surface area contributed by atoms with Gasteiger partial charge in [-0.15, -0.1) is 0 Å². The fourth-order valence-electron chi connectivity index (χ4n) is 2.55. The van der Waals surface area contributed by atoms with Crippen LogP contribution in [0.1, 0.15) is 15.9 Å². The highest BCUT2D eigenvalue weighted by molar-refractivity contribution is 9.10. The molecule has 0 radical (unpaired) electrons. The number of halogens is 1. The van der Waals surface area contributed by atoms with Gasteiger partial charge in [0.05, 0.1) is 34.1 Å². The number of hydrogen-bond acceptors (Lipinski definition) is 7. The zero-order chi connectivity index (χ0) is 23.5. The van der Waals surface area contributed by atoms with Gasteiger partial charge in [-0.3, -0.25) is 9.59 Å². The van der Waals surface area contributed by atoms with Gasteiger partial charge in [0, 0.05) is 15.6 Å². The molecule has 0 unspecified atom stereocenters. The van der Waals surface area contributed by atoms with E-state index in [0.29, 0.717) is 35.2 Å². The maximum Gasteiger partial charge on any atom is 0.259 e. The van der Waals surface area contributed by atoms with Gasteiger partial charge in [-0.2, -0.15) is 5.10 Å². The molecule has 0 aromatic heterocycles. The summed E-state index contributed by atoms with van der Waals surface area (Å²) in [5, 5.41) is 6.43. The molecule has 9 nitrogen and oxygen atoms in total. The van der Waals surface area contributed by atoms with Gasteiger partial charge in [-0.1, -0.05) is 28.6 Å². The lowest BCUT2D eigenvalue weighted by atomic mass is 10.1. The number of rotatable bonds is 11. The summed E-state index contributed by atoms with van der Waals surface area (Å²) in [6, 6.07) is 8.34. The van der Waals surface area contributed by atoms with Gasteiger partial charge in [-0.05, 0) is 30.3 Å². The number of hydrazone groups is 1. The smallest absolute Gasteiger partial charge is 0.259 e. The lowest BCUT2D eigenvalue weighted by Crippen LogP contribution is -2.35. The van der Waals surface area contributed by atoms with Crippen LogP contribution in [-0.2, 0) is 4.79 Å². The molecule has 0 bridgehead atoms. The third kappa shape index (κ3) is 6.74. The molecule has 32 heavy (non-hydrogen) atoms. The topological polar surface area (TPSA) is 107 Å². The first-order valence-corrected chi connectivity index (χ1v) is 10.2. The first kappa shape index (κ1) is 24.7. The zero-order valence-corrected chi connectivity index (χ0v) is 19.5. The highest BCUT2D eigenvalue weighted by Crippen LogP contribution is 2.38. The number of nitrogens with zero attached hydrogens (tertiary/aromatic N) is 1. The summed E-state index contributed by atoms with van der Waals surface area (Å²) in [4.78, 5) is 24.5. The average Bonchev–Trinajstić information content (AvgIpc) is 2.81. The number of nitrogens with one attached hydrogen (secondary N) is 2. The molecular formula is C22H24BrN3O6. The molecule has 10 heteroatoms. The van der Waals surface area contributed by atoms with Crippen LogP contribution in [-0.4, -0.2) is 52.5 Å². The number of carbonyl (C=O) groups excluding carboxylic acids is 2. The van der Waals surface area contributed by atoms with Crippen molar-refractivity contribution in [1.29, 1.82) is 0 Å². The van der Waals surface area contributed by atoms with E-state index < -0.39 is 11.8 Å². The summed E-state index contributed by atoms with van der Waals surface area (Å²) in [5.41, 5.74) is 3.31. The van der Waals surface area contributed by atoms with Crippen LogP contribution in [0.3, 0.4) is 0 Å². The maximum absolute atomic E-state index is 12.4. The predicted octanol–water partition coefficient (Wildman–Crippen LogP) is 2.92. The second-order valence-corrected chi connectivity index (χ2v) is 7.03.